The van der Waals surface area contributed by atoms with Gasteiger partial charge >= 0.3 is 6.18 Å². The summed E-state index contributed by atoms with van der Waals surface area (Å²) in [5, 5.41) is 2.40. The van der Waals surface area contributed by atoms with Crippen molar-refractivity contribution in [3.63, 3.8) is 0 Å². The first-order valence-electron chi connectivity index (χ1n) is 10.2. The van der Waals surface area contributed by atoms with Crippen LogP contribution >= 0.6 is 11.6 Å². The highest BCUT2D eigenvalue weighted by atomic mass is 35.5. The highest BCUT2D eigenvalue weighted by molar-refractivity contribution is 6.34. The Balaban J connectivity index is 1.64. The first kappa shape index (κ1) is 21.1. The average molecular weight is 438 g/mol. The van der Waals surface area contributed by atoms with E-state index in [1.54, 1.807) is 18.5 Å². The molecule has 8 heteroatoms. The molecule has 0 unspecified atom stereocenters. The number of alkyl halides is 3. The molecule has 2 fully saturated rings. The van der Waals surface area contributed by atoms with Crippen molar-refractivity contribution >= 4 is 17.5 Å². The van der Waals surface area contributed by atoms with E-state index in [0.717, 1.165) is 43.9 Å². The second kappa shape index (κ2) is 8.55. The van der Waals surface area contributed by atoms with E-state index in [-0.39, 0.29) is 17.6 Å². The van der Waals surface area contributed by atoms with Gasteiger partial charge in [0.15, 0.2) is 0 Å². The molecule has 4 rings (SSSR count). The van der Waals surface area contributed by atoms with Crippen molar-refractivity contribution in [3.05, 3.63) is 64.4 Å². The third kappa shape index (κ3) is 4.18. The van der Waals surface area contributed by atoms with Crippen LogP contribution in [0.3, 0.4) is 0 Å². The van der Waals surface area contributed by atoms with E-state index in [9.17, 15) is 18.0 Å². The Morgan fingerprint density at radius 2 is 2.00 bits per heavy atom. The number of benzene rings is 1. The number of rotatable bonds is 4. The molecule has 1 aromatic heterocycles. The van der Waals surface area contributed by atoms with Crippen LogP contribution in [0.2, 0.25) is 5.02 Å². The smallest absolute Gasteiger partial charge is 0.344 e. The topological polar surface area (TPSA) is 45.2 Å². The van der Waals surface area contributed by atoms with Crippen LogP contribution in [0.1, 0.15) is 59.6 Å². The van der Waals surface area contributed by atoms with Crippen LogP contribution in [0.25, 0.3) is 0 Å². The number of aromatic nitrogens is 1. The summed E-state index contributed by atoms with van der Waals surface area (Å²) < 4.78 is 39.7. The van der Waals surface area contributed by atoms with Crippen LogP contribution in [-0.4, -0.2) is 34.4 Å². The van der Waals surface area contributed by atoms with Crippen molar-refractivity contribution in [2.45, 2.75) is 56.4 Å². The van der Waals surface area contributed by atoms with Crippen LogP contribution in [-0.2, 0) is 6.18 Å². The molecule has 3 heterocycles. The molecule has 1 N–H and O–H groups in total. The van der Waals surface area contributed by atoms with E-state index < -0.39 is 22.7 Å². The van der Waals surface area contributed by atoms with Gasteiger partial charge in [-0.1, -0.05) is 30.2 Å². The minimum Gasteiger partial charge on any atom is -0.344 e. The lowest BCUT2D eigenvalue weighted by Crippen LogP contribution is -2.47. The molecule has 4 nitrogen and oxygen atoms in total. The molecule has 1 aromatic carbocycles. The molecule has 2 aliphatic rings. The predicted octanol–water partition coefficient (Wildman–Crippen LogP) is 5.24. The van der Waals surface area contributed by atoms with E-state index in [1.807, 2.05) is 6.07 Å². The molecular weight excluding hydrogens is 415 g/mol. The van der Waals surface area contributed by atoms with Crippen molar-refractivity contribution in [2.75, 3.05) is 6.54 Å². The molecule has 2 aliphatic heterocycles. The predicted molar refractivity (Wildman–Crippen MR) is 108 cm³/mol. The van der Waals surface area contributed by atoms with E-state index in [1.165, 1.54) is 18.6 Å². The molecule has 2 aromatic rings. The minimum atomic E-state index is -4.62. The Morgan fingerprint density at radius 3 is 2.73 bits per heavy atom. The zero-order valence-corrected chi connectivity index (χ0v) is 17.1. The molecule has 0 spiro atoms. The lowest BCUT2D eigenvalue weighted by molar-refractivity contribution is -0.137. The summed E-state index contributed by atoms with van der Waals surface area (Å²) in [6.45, 7) is 0.965. The summed E-state index contributed by atoms with van der Waals surface area (Å²) in [5.41, 5.74) is -0.342. The SMILES string of the molecule is O=C(N[C@@H](c1cccnc1)[C@H]1CC[C@H]2CCCCN21)c1cccc(C(F)(F)F)c1Cl. The largest absolute Gasteiger partial charge is 0.417 e. The standard InChI is InChI=1S/C22H23ClF3N3O/c23-19-16(7-3-8-17(19)22(24,25)26)21(30)28-20(14-5-4-11-27-13-14)18-10-9-15-6-1-2-12-29(15)18/h3-5,7-8,11,13,15,18,20H,1-2,6,9-10,12H2,(H,28,30)/t15-,18-,20+/m1/s1. The molecule has 0 radical (unpaired) electrons. The number of hydrogen-bond acceptors (Lipinski definition) is 3. The van der Waals surface area contributed by atoms with Crippen molar-refractivity contribution in [1.29, 1.82) is 0 Å². The molecule has 0 aliphatic carbocycles. The van der Waals surface area contributed by atoms with Crippen LogP contribution in [0, 0.1) is 0 Å². The zero-order chi connectivity index (χ0) is 21.3. The van der Waals surface area contributed by atoms with E-state index in [0.29, 0.717) is 6.04 Å². The number of carbonyl (C=O) groups excluding carboxylic acids is 1. The number of pyridine rings is 1. The molecule has 0 bridgehead atoms. The fraction of sp³-hybridized carbons (Fsp3) is 0.455. The van der Waals surface area contributed by atoms with Gasteiger partial charge in [-0.2, -0.15) is 13.2 Å². The van der Waals surface area contributed by atoms with Gasteiger partial charge in [-0.3, -0.25) is 14.7 Å². The maximum absolute atomic E-state index is 13.2. The Hall–Kier alpha value is -2.12. The minimum absolute atomic E-state index is 0.0769. The molecule has 160 valence electrons. The number of carbonyl (C=O) groups is 1. The van der Waals surface area contributed by atoms with Crippen LogP contribution < -0.4 is 5.32 Å². The van der Waals surface area contributed by atoms with Gasteiger partial charge in [-0.15, -0.1) is 0 Å². The third-order valence-electron chi connectivity index (χ3n) is 6.16. The maximum atomic E-state index is 13.2. The van der Waals surface area contributed by atoms with Crippen molar-refractivity contribution in [3.8, 4) is 0 Å². The molecular formula is C22H23ClF3N3O. The summed E-state index contributed by atoms with van der Waals surface area (Å²) in [6, 6.07) is 7.30. The molecule has 2 saturated heterocycles. The zero-order valence-electron chi connectivity index (χ0n) is 16.3. The number of fused-ring (bicyclic) bond motifs is 1. The highest BCUT2D eigenvalue weighted by Gasteiger charge is 2.41. The first-order valence-corrected chi connectivity index (χ1v) is 10.6. The van der Waals surface area contributed by atoms with Crippen molar-refractivity contribution in [1.82, 2.24) is 15.2 Å². The first-order chi connectivity index (χ1) is 14.4. The van der Waals surface area contributed by atoms with Crippen LogP contribution in [0.4, 0.5) is 13.2 Å². The number of piperidine rings is 1. The van der Waals surface area contributed by atoms with Crippen LogP contribution in [0.5, 0.6) is 0 Å². The van der Waals surface area contributed by atoms with Gasteiger partial charge in [0, 0.05) is 24.5 Å². The summed E-state index contributed by atoms with van der Waals surface area (Å²) in [6.07, 6.45) is 4.17. The second-order valence-corrected chi connectivity index (χ2v) is 8.31. The third-order valence-corrected chi connectivity index (χ3v) is 6.57. The Labute approximate surface area is 178 Å². The summed E-state index contributed by atoms with van der Waals surface area (Å²) >= 11 is 5.98. The van der Waals surface area contributed by atoms with Gasteiger partial charge in [0.1, 0.15) is 0 Å². The van der Waals surface area contributed by atoms with Crippen molar-refractivity contribution in [2.24, 2.45) is 0 Å². The summed E-state index contributed by atoms with van der Waals surface area (Å²) in [5.74, 6) is -0.611. The molecule has 30 heavy (non-hydrogen) atoms. The number of halogens is 4. The Morgan fingerprint density at radius 1 is 1.17 bits per heavy atom. The Kier molecular flexibility index (Phi) is 6.02. The van der Waals surface area contributed by atoms with E-state index in [2.05, 4.69) is 15.2 Å². The van der Waals surface area contributed by atoms with Gasteiger partial charge in [0.05, 0.1) is 22.2 Å². The highest BCUT2D eigenvalue weighted by Crippen LogP contribution is 2.39. The normalized spacial score (nSPS) is 23.1. The fourth-order valence-corrected chi connectivity index (χ4v) is 5.08. The van der Waals surface area contributed by atoms with Crippen LogP contribution in [0.15, 0.2) is 42.7 Å². The van der Waals surface area contributed by atoms with E-state index >= 15 is 0 Å². The lowest BCUT2D eigenvalue weighted by atomic mass is 9.97. The van der Waals surface area contributed by atoms with Gasteiger partial charge in [0.25, 0.3) is 5.91 Å². The van der Waals surface area contributed by atoms with Crippen molar-refractivity contribution < 1.29 is 18.0 Å². The molecule has 0 saturated carbocycles. The number of nitrogens with zero attached hydrogens (tertiary/aromatic N) is 2. The van der Waals surface area contributed by atoms with E-state index in [4.69, 9.17) is 11.6 Å². The van der Waals surface area contributed by atoms with Gasteiger partial charge in [-0.05, 0) is 56.0 Å². The lowest BCUT2D eigenvalue weighted by Gasteiger charge is -2.38. The molecule has 1 amide bonds. The summed E-state index contributed by atoms with van der Waals surface area (Å²) in [4.78, 5) is 19.7. The average Bonchev–Trinajstić information content (AvgIpc) is 3.15. The summed E-state index contributed by atoms with van der Waals surface area (Å²) in [7, 11) is 0. The number of hydrogen-bond donors (Lipinski definition) is 1. The van der Waals surface area contributed by atoms with Gasteiger partial charge in [0.2, 0.25) is 0 Å². The monoisotopic (exact) mass is 437 g/mol. The second-order valence-electron chi connectivity index (χ2n) is 7.93. The molecule has 3 atom stereocenters. The number of amides is 1. The quantitative estimate of drug-likeness (QED) is 0.711. The van der Waals surface area contributed by atoms with Gasteiger partial charge in [-0.25, -0.2) is 0 Å². The Bertz CT molecular complexity index is 906. The fourth-order valence-electron chi connectivity index (χ4n) is 4.76. The maximum Gasteiger partial charge on any atom is 0.417 e. The number of nitrogens with one attached hydrogen (secondary N) is 1. The van der Waals surface area contributed by atoms with Gasteiger partial charge < -0.3 is 5.32 Å².